The summed E-state index contributed by atoms with van der Waals surface area (Å²) >= 11 is 0. The highest BCUT2D eigenvalue weighted by Gasteiger charge is 2.23. The Morgan fingerprint density at radius 2 is 1.81 bits per heavy atom. The number of halogens is 2. The third kappa shape index (κ3) is 2.40. The highest BCUT2D eigenvalue weighted by molar-refractivity contribution is 5.23. The maximum Gasteiger partial charge on any atom is 0.129 e. The summed E-state index contributed by atoms with van der Waals surface area (Å²) in [5, 5.41) is 3.25. The van der Waals surface area contributed by atoms with Crippen molar-refractivity contribution in [1.29, 1.82) is 0 Å². The Hall–Kier alpha value is -0.960. The van der Waals surface area contributed by atoms with E-state index in [0.717, 1.165) is 31.7 Å². The van der Waals surface area contributed by atoms with E-state index in [4.69, 9.17) is 0 Å². The summed E-state index contributed by atoms with van der Waals surface area (Å²) in [6, 6.07) is 4.48. The summed E-state index contributed by atoms with van der Waals surface area (Å²) in [6.07, 6.45) is 4.10. The molecule has 1 saturated carbocycles. The lowest BCUT2D eigenvalue weighted by Gasteiger charge is -2.28. The van der Waals surface area contributed by atoms with E-state index in [-0.39, 0.29) is 5.92 Å². The molecule has 0 unspecified atom stereocenters. The lowest BCUT2D eigenvalue weighted by atomic mass is 9.81. The first-order valence-corrected chi connectivity index (χ1v) is 5.83. The van der Waals surface area contributed by atoms with Gasteiger partial charge in [0.15, 0.2) is 0 Å². The summed E-state index contributed by atoms with van der Waals surface area (Å²) in [5.74, 6) is -0.636. The Labute approximate surface area is 94.9 Å². The van der Waals surface area contributed by atoms with Crippen molar-refractivity contribution >= 4 is 0 Å². The van der Waals surface area contributed by atoms with Crippen molar-refractivity contribution in [2.45, 2.75) is 37.6 Å². The second-order valence-corrected chi connectivity index (χ2v) is 4.50. The minimum Gasteiger partial charge on any atom is -0.317 e. The van der Waals surface area contributed by atoms with Crippen LogP contribution in [0, 0.1) is 11.6 Å². The monoisotopic (exact) mass is 225 g/mol. The van der Waals surface area contributed by atoms with Crippen LogP contribution in [0.3, 0.4) is 0 Å². The van der Waals surface area contributed by atoms with E-state index in [1.165, 1.54) is 6.07 Å². The standard InChI is InChI=1S/C13H17F2N/c1-16-11-5-2-9(3-6-11)12-7-4-10(14)8-13(12)15/h4,7-9,11,16H,2-3,5-6H2,1H3. The van der Waals surface area contributed by atoms with Crippen LogP contribution < -0.4 is 5.32 Å². The highest BCUT2D eigenvalue weighted by atomic mass is 19.1. The second kappa shape index (κ2) is 4.91. The molecule has 1 nitrogen and oxygen atoms in total. The molecular formula is C13H17F2N. The van der Waals surface area contributed by atoms with Crippen molar-refractivity contribution in [2.24, 2.45) is 0 Å². The number of hydrogen-bond donors (Lipinski definition) is 1. The third-order valence-corrected chi connectivity index (χ3v) is 3.54. The Bertz CT molecular complexity index is 357. The van der Waals surface area contributed by atoms with Crippen LogP contribution in [0.25, 0.3) is 0 Å². The fraction of sp³-hybridized carbons (Fsp3) is 0.538. The Morgan fingerprint density at radius 3 is 2.38 bits per heavy atom. The van der Waals surface area contributed by atoms with Crippen LogP contribution in [0.2, 0.25) is 0 Å². The molecule has 0 atom stereocenters. The molecular weight excluding hydrogens is 208 g/mol. The molecule has 1 aromatic rings. The van der Waals surface area contributed by atoms with Crippen LogP contribution in [0.1, 0.15) is 37.2 Å². The van der Waals surface area contributed by atoms with Gasteiger partial charge in [-0.15, -0.1) is 0 Å². The lowest BCUT2D eigenvalue weighted by Crippen LogP contribution is -2.29. The molecule has 1 fully saturated rings. The molecule has 0 heterocycles. The lowest BCUT2D eigenvalue weighted by molar-refractivity contribution is 0.352. The normalized spacial score (nSPS) is 25.7. The molecule has 0 amide bonds. The highest BCUT2D eigenvalue weighted by Crippen LogP contribution is 2.34. The molecule has 3 heteroatoms. The molecule has 0 aromatic heterocycles. The average molecular weight is 225 g/mol. The minimum absolute atomic E-state index is 0.255. The average Bonchev–Trinajstić information content (AvgIpc) is 2.29. The predicted octanol–water partition coefficient (Wildman–Crippen LogP) is 3.21. The topological polar surface area (TPSA) is 12.0 Å². The van der Waals surface area contributed by atoms with Crippen molar-refractivity contribution in [2.75, 3.05) is 7.05 Å². The van der Waals surface area contributed by atoms with Gasteiger partial charge in [0.25, 0.3) is 0 Å². The molecule has 0 radical (unpaired) electrons. The Morgan fingerprint density at radius 1 is 1.12 bits per heavy atom. The Kier molecular flexibility index (Phi) is 3.54. The van der Waals surface area contributed by atoms with Gasteiger partial charge < -0.3 is 5.32 Å². The summed E-state index contributed by atoms with van der Waals surface area (Å²) in [7, 11) is 1.96. The predicted molar refractivity (Wildman–Crippen MR) is 60.4 cm³/mol. The van der Waals surface area contributed by atoms with Gasteiger partial charge in [-0.25, -0.2) is 8.78 Å². The van der Waals surface area contributed by atoms with Crippen molar-refractivity contribution in [3.63, 3.8) is 0 Å². The van der Waals surface area contributed by atoms with E-state index in [0.29, 0.717) is 11.6 Å². The van der Waals surface area contributed by atoms with Crippen LogP contribution >= 0.6 is 0 Å². The fourth-order valence-corrected chi connectivity index (χ4v) is 2.53. The third-order valence-electron chi connectivity index (χ3n) is 3.54. The molecule has 1 aliphatic rings. The zero-order valence-electron chi connectivity index (χ0n) is 9.47. The maximum absolute atomic E-state index is 13.6. The van der Waals surface area contributed by atoms with Gasteiger partial charge in [0, 0.05) is 12.1 Å². The molecule has 0 aliphatic heterocycles. The van der Waals surface area contributed by atoms with Crippen LogP contribution in [0.15, 0.2) is 18.2 Å². The number of nitrogens with one attached hydrogen (secondary N) is 1. The molecule has 0 spiro atoms. The van der Waals surface area contributed by atoms with Gasteiger partial charge in [0.1, 0.15) is 11.6 Å². The zero-order chi connectivity index (χ0) is 11.5. The number of rotatable bonds is 2. The van der Waals surface area contributed by atoms with Gasteiger partial charge in [0.2, 0.25) is 0 Å². The Balaban J connectivity index is 2.08. The quantitative estimate of drug-likeness (QED) is 0.815. The van der Waals surface area contributed by atoms with Crippen molar-refractivity contribution in [1.82, 2.24) is 5.32 Å². The van der Waals surface area contributed by atoms with Crippen molar-refractivity contribution in [3.8, 4) is 0 Å². The van der Waals surface area contributed by atoms with E-state index in [2.05, 4.69) is 5.32 Å². The van der Waals surface area contributed by atoms with E-state index in [1.807, 2.05) is 7.05 Å². The van der Waals surface area contributed by atoms with Gasteiger partial charge in [-0.1, -0.05) is 6.07 Å². The molecule has 0 bridgehead atoms. The van der Waals surface area contributed by atoms with Crippen molar-refractivity contribution in [3.05, 3.63) is 35.4 Å². The van der Waals surface area contributed by atoms with Crippen LogP contribution in [0.5, 0.6) is 0 Å². The van der Waals surface area contributed by atoms with Gasteiger partial charge in [-0.3, -0.25) is 0 Å². The molecule has 1 aliphatic carbocycles. The summed E-state index contributed by atoms with van der Waals surface area (Å²) < 4.78 is 26.3. The SMILES string of the molecule is CNC1CCC(c2ccc(F)cc2F)CC1. The summed E-state index contributed by atoms with van der Waals surface area (Å²) in [6.45, 7) is 0. The van der Waals surface area contributed by atoms with E-state index in [1.54, 1.807) is 6.07 Å². The smallest absolute Gasteiger partial charge is 0.129 e. The molecule has 0 saturated heterocycles. The number of hydrogen-bond acceptors (Lipinski definition) is 1. The fourth-order valence-electron chi connectivity index (χ4n) is 2.53. The van der Waals surface area contributed by atoms with Crippen LogP contribution in [-0.4, -0.2) is 13.1 Å². The van der Waals surface area contributed by atoms with Gasteiger partial charge in [0.05, 0.1) is 0 Å². The molecule has 88 valence electrons. The molecule has 1 aromatic carbocycles. The first kappa shape index (κ1) is 11.5. The molecule has 1 N–H and O–H groups in total. The van der Waals surface area contributed by atoms with Crippen molar-refractivity contribution < 1.29 is 8.78 Å². The first-order valence-electron chi connectivity index (χ1n) is 5.83. The van der Waals surface area contributed by atoms with Crippen LogP contribution in [0.4, 0.5) is 8.78 Å². The van der Waals surface area contributed by atoms with E-state index < -0.39 is 11.6 Å². The molecule has 2 rings (SSSR count). The van der Waals surface area contributed by atoms with Gasteiger partial charge in [-0.05, 0) is 50.3 Å². The van der Waals surface area contributed by atoms with Gasteiger partial charge in [-0.2, -0.15) is 0 Å². The zero-order valence-corrected chi connectivity index (χ0v) is 9.47. The molecule has 16 heavy (non-hydrogen) atoms. The largest absolute Gasteiger partial charge is 0.317 e. The van der Waals surface area contributed by atoms with Gasteiger partial charge >= 0.3 is 0 Å². The van der Waals surface area contributed by atoms with Crippen LogP contribution in [-0.2, 0) is 0 Å². The van der Waals surface area contributed by atoms with E-state index in [9.17, 15) is 8.78 Å². The maximum atomic E-state index is 13.6. The van der Waals surface area contributed by atoms with E-state index >= 15 is 0 Å². The number of benzene rings is 1. The second-order valence-electron chi connectivity index (χ2n) is 4.50. The summed E-state index contributed by atoms with van der Waals surface area (Å²) in [4.78, 5) is 0. The first-order chi connectivity index (χ1) is 7.70. The minimum atomic E-state index is -0.495. The summed E-state index contributed by atoms with van der Waals surface area (Å²) in [5.41, 5.74) is 0.677.